The van der Waals surface area contributed by atoms with Crippen LogP contribution in [0.4, 0.5) is 0 Å². The Morgan fingerprint density at radius 2 is 1.83 bits per heavy atom. The minimum Gasteiger partial charge on any atom is -0.496 e. The van der Waals surface area contributed by atoms with Crippen LogP contribution in [0.25, 0.3) is 0 Å². The van der Waals surface area contributed by atoms with E-state index in [2.05, 4.69) is 20.8 Å². The van der Waals surface area contributed by atoms with Gasteiger partial charge in [0.05, 0.1) is 30.4 Å². The highest BCUT2D eigenvalue weighted by Gasteiger charge is 2.58. The molecule has 4 atom stereocenters. The van der Waals surface area contributed by atoms with Gasteiger partial charge in [-0.15, -0.1) is 0 Å². The predicted molar refractivity (Wildman–Crippen MR) is 111 cm³/mol. The number of carbonyl (C=O) groups excluding carboxylic acids is 1. The molecule has 2 aliphatic carbocycles. The number of sulfone groups is 1. The second kappa shape index (κ2) is 6.73. The second-order valence-corrected chi connectivity index (χ2v) is 12.1. The van der Waals surface area contributed by atoms with Crippen LogP contribution in [0, 0.1) is 22.7 Å². The summed E-state index contributed by atoms with van der Waals surface area (Å²) in [7, 11) is -0.680. The molecule has 1 aromatic rings. The molecule has 0 aromatic heterocycles. The number of fused-ring (bicyclic) bond motifs is 5. The first-order valence-corrected chi connectivity index (χ1v) is 12.2. The number of methoxy groups -OCH3 is 2. The van der Waals surface area contributed by atoms with Crippen molar-refractivity contribution in [2.75, 3.05) is 20.0 Å². The molecule has 0 saturated heterocycles. The van der Waals surface area contributed by atoms with Gasteiger partial charge in [-0.05, 0) is 66.4 Å². The van der Waals surface area contributed by atoms with Gasteiger partial charge >= 0.3 is 5.97 Å². The topological polar surface area (TPSA) is 69.7 Å². The smallest absolute Gasteiger partial charge is 0.338 e. The molecule has 0 amide bonds. The fourth-order valence-electron chi connectivity index (χ4n) is 6.94. The maximum atomic E-state index is 13.4. The Hall–Kier alpha value is -1.56. The van der Waals surface area contributed by atoms with Crippen molar-refractivity contribution in [1.82, 2.24) is 0 Å². The first kappa shape index (κ1) is 20.7. The van der Waals surface area contributed by atoms with E-state index in [1.54, 1.807) is 13.2 Å². The first-order valence-electron chi connectivity index (χ1n) is 10.6. The number of hydrogen-bond acceptors (Lipinski definition) is 5. The summed E-state index contributed by atoms with van der Waals surface area (Å²) < 4.78 is 37.3. The molecule has 1 aromatic carbocycles. The molecule has 6 heteroatoms. The second-order valence-electron chi connectivity index (χ2n) is 10.1. The lowest BCUT2D eigenvalue weighted by Crippen LogP contribution is -2.54. The Labute approximate surface area is 174 Å². The van der Waals surface area contributed by atoms with Crippen LogP contribution in [0.2, 0.25) is 0 Å². The molecule has 0 N–H and O–H groups in total. The Kier molecular flexibility index (Phi) is 4.80. The summed E-state index contributed by atoms with van der Waals surface area (Å²) in [6.07, 6.45) is 5.50. The van der Waals surface area contributed by atoms with Gasteiger partial charge in [0.1, 0.15) is 5.75 Å². The van der Waals surface area contributed by atoms with Crippen molar-refractivity contribution in [3.8, 4) is 5.75 Å². The zero-order valence-corrected chi connectivity index (χ0v) is 18.9. The summed E-state index contributed by atoms with van der Waals surface area (Å²) >= 11 is 0. The monoisotopic (exact) mass is 420 g/mol. The minimum atomic E-state index is -3.52. The molecule has 29 heavy (non-hydrogen) atoms. The molecule has 0 unspecified atom stereocenters. The number of hydrogen-bond donors (Lipinski definition) is 0. The van der Waals surface area contributed by atoms with Crippen molar-refractivity contribution in [2.45, 2.75) is 63.7 Å². The van der Waals surface area contributed by atoms with E-state index < -0.39 is 15.8 Å². The van der Waals surface area contributed by atoms with E-state index in [1.807, 2.05) is 0 Å². The fourth-order valence-corrected chi connectivity index (χ4v) is 9.10. The van der Waals surface area contributed by atoms with Gasteiger partial charge < -0.3 is 9.47 Å². The summed E-state index contributed by atoms with van der Waals surface area (Å²) in [5.41, 5.74) is 1.24. The molecular formula is C23H32O5S. The molecule has 2 fully saturated rings. The van der Waals surface area contributed by atoms with E-state index in [9.17, 15) is 13.2 Å². The zero-order valence-electron chi connectivity index (χ0n) is 18.1. The van der Waals surface area contributed by atoms with Crippen LogP contribution >= 0.6 is 0 Å². The summed E-state index contributed by atoms with van der Waals surface area (Å²) in [5.74, 6) is 0.858. The van der Waals surface area contributed by atoms with Gasteiger partial charge in [-0.2, -0.15) is 0 Å². The van der Waals surface area contributed by atoms with E-state index >= 15 is 0 Å². The molecule has 1 aliphatic heterocycles. The van der Waals surface area contributed by atoms with Crippen molar-refractivity contribution >= 4 is 15.8 Å². The highest BCUT2D eigenvalue weighted by molar-refractivity contribution is 7.91. The standard InChI is InChI=1S/C23H32O5S/c1-22(2)9-6-10-23(3)16-13-29(25,26)18-12-14(21(24)28-5)11-17(27-4)20(18)15(16)7-8-19(22)23/h11-12,15-16,19H,6-10,13H2,1-5H3/t15-,16+,19+,23-/m1/s1. The van der Waals surface area contributed by atoms with Gasteiger partial charge in [0.25, 0.3) is 0 Å². The lowest BCUT2D eigenvalue weighted by molar-refractivity contribution is -0.0760. The van der Waals surface area contributed by atoms with Gasteiger partial charge in [-0.25, -0.2) is 13.2 Å². The van der Waals surface area contributed by atoms with Crippen molar-refractivity contribution in [3.05, 3.63) is 23.3 Å². The van der Waals surface area contributed by atoms with Crippen LogP contribution in [0.15, 0.2) is 17.0 Å². The lowest BCUT2D eigenvalue weighted by Gasteiger charge is -2.60. The molecule has 4 rings (SSSR count). The molecule has 0 bridgehead atoms. The quantitative estimate of drug-likeness (QED) is 0.654. The molecule has 1 heterocycles. The maximum absolute atomic E-state index is 13.4. The van der Waals surface area contributed by atoms with Gasteiger partial charge in [-0.1, -0.05) is 27.2 Å². The van der Waals surface area contributed by atoms with Crippen LogP contribution < -0.4 is 4.74 Å². The third-order valence-electron chi connectivity index (χ3n) is 8.22. The predicted octanol–water partition coefficient (Wildman–Crippen LogP) is 4.60. The molecule has 2 saturated carbocycles. The van der Waals surface area contributed by atoms with E-state index in [0.29, 0.717) is 11.7 Å². The first-order chi connectivity index (χ1) is 13.5. The van der Waals surface area contributed by atoms with Crippen LogP contribution in [-0.4, -0.2) is 34.4 Å². The average molecular weight is 421 g/mol. The number of benzene rings is 1. The SMILES string of the molecule is COC(=O)c1cc(OC)c2c(c1)S(=O)(=O)C[C@H]1[C@H]2CC[C@H]2C(C)(C)CCC[C@]12C. The van der Waals surface area contributed by atoms with E-state index in [4.69, 9.17) is 9.47 Å². The van der Waals surface area contributed by atoms with E-state index in [1.165, 1.54) is 19.6 Å². The minimum absolute atomic E-state index is 0.00145. The number of esters is 1. The largest absolute Gasteiger partial charge is 0.496 e. The van der Waals surface area contributed by atoms with E-state index in [-0.39, 0.29) is 38.9 Å². The zero-order chi connectivity index (χ0) is 21.2. The molecule has 160 valence electrons. The molecule has 5 nitrogen and oxygen atoms in total. The van der Waals surface area contributed by atoms with Gasteiger partial charge in [0.2, 0.25) is 0 Å². The van der Waals surface area contributed by atoms with Crippen molar-refractivity contribution in [3.63, 3.8) is 0 Å². The highest BCUT2D eigenvalue weighted by Crippen LogP contribution is 2.65. The number of rotatable bonds is 2. The van der Waals surface area contributed by atoms with Crippen molar-refractivity contribution in [2.24, 2.45) is 22.7 Å². The third-order valence-corrected chi connectivity index (χ3v) is 10.0. The van der Waals surface area contributed by atoms with Crippen LogP contribution in [0.5, 0.6) is 5.75 Å². The van der Waals surface area contributed by atoms with Gasteiger partial charge in [-0.3, -0.25) is 0 Å². The Balaban J connectivity index is 1.89. The van der Waals surface area contributed by atoms with Crippen LogP contribution in [0.1, 0.15) is 74.7 Å². The summed E-state index contributed by atoms with van der Waals surface area (Å²) in [5, 5.41) is 0. The van der Waals surface area contributed by atoms with Crippen molar-refractivity contribution in [1.29, 1.82) is 0 Å². The lowest BCUT2D eigenvalue weighted by atomic mass is 9.46. The average Bonchev–Trinajstić information content (AvgIpc) is 2.66. The summed E-state index contributed by atoms with van der Waals surface area (Å²) in [6.45, 7) is 7.03. The molecule has 3 aliphatic rings. The Morgan fingerprint density at radius 3 is 2.48 bits per heavy atom. The number of carbonyl (C=O) groups is 1. The fraction of sp³-hybridized carbons (Fsp3) is 0.696. The van der Waals surface area contributed by atoms with Gasteiger partial charge in [0.15, 0.2) is 9.84 Å². The van der Waals surface area contributed by atoms with Crippen LogP contribution in [-0.2, 0) is 14.6 Å². The highest BCUT2D eigenvalue weighted by atomic mass is 32.2. The molecule has 0 spiro atoms. The Bertz CT molecular complexity index is 948. The van der Waals surface area contributed by atoms with E-state index in [0.717, 1.165) is 31.2 Å². The molecule has 0 radical (unpaired) electrons. The summed E-state index contributed by atoms with van der Waals surface area (Å²) in [6, 6.07) is 3.14. The van der Waals surface area contributed by atoms with Crippen molar-refractivity contribution < 1.29 is 22.7 Å². The van der Waals surface area contributed by atoms with Crippen LogP contribution in [0.3, 0.4) is 0 Å². The maximum Gasteiger partial charge on any atom is 0.338 e. The number of ether oxygens (including phenoxy) is 2. The third kappa shape index (κ3) is 3.01. The van der Waals surface area contributed by atoms with Gasteiger partial charge in [0, 0.05) is 5.56 Å². The summed E-state index contributed by atoms with van der Waals surface area (Å²) in [4.78, 5) is 12.4. The normalized spacial score (nSPS) is 34.3. The Morgan fingerprint density at radius 1 is 1.10 bits per heavy atom. The molecular weight excluding hydrogens is 388 g/mol.